The molecule has 0 saturated heterocycles. The molecule has 0 atom stereocenters. The second kappa shape index (κ2) is 4.77. The molecular formula is C7H17N2. The summed E-state index contributed by atoms with van der Waals surface area (Å²) in [6.07, 6.45) is 1.08. The van der Waals surface area contributed by atoms with Crippen LogP contribution < -0.4 is 5.84 Å². The van der Waals surface area contributed by atoms with Crippen molar-refractivity contribution < 1.29 is 0 Å². The zero-order valence-electron chi connectivity index (χ0n) is 6.65. The largest absolute Gasteiger partial charge is 0.229 e. The highest BCUT2D eigenvalue weighted by Gasteiger charge is 1.99. The highest BCUT2D eigenvalue weighted by Crippen LogP contribution is 1.94. The van der Waals surface area contributed by atoms with Crippen LogP contribution in [0.5, 0.6) is 0 Å². The molecular weight excluding hydrogens is 112 g/mol. The van der Waals surface area contributed by atoms with Crippen LogP contribution in [0, 0.1) is 5.92 Å². The summed E-state index contributed by atoms with van der Waals surface area (Å²) in [7, 11) is 0. The fourth-order valence-electron chi connectivity index (χ4n) is 0.802. The zero-order valence-corrected chi connectivity index (χ0v) is 6.65. The predicted octanol–water partition coefficient (Wildman–Crippen LogP) is 1.55. The van der Waals surface area contributed by atoms with Gasteiger partial charge in [0.1, 0.15) is 0 Å². The van der Waals surface area contributed by atoms with Gasteiger partial charge >= 0.3 is 0 Å². The number of rotatable bonds is 4. The van der Waals surface area contributed by atoms with Gasteiger partial charge in [0.25, 0.3) is 0 Å². The first kappa shape index (κ1) is 8.92. The van der Waals surface area contributed by atoms with Crippen LogP contribution in [0.15, 0.2) is 0 Å². The molecule has 0 amide bonds. The van der Waals surface area contributed by atoms with Crippen molar-refractivity contribution in [2.24, 2.45) is 5.92 Å². The molecule has 0 saturated carbocycles. The Morgan fingerprint density at radius 1 is 1.44 bits per heavy atom. The second-order valence-corrected chi connectivity index (χ2v) is 2.84. The first-order valence-corrected chi connectivity index (χ1v) is 3.63. The molecule has 2 nitrogen and oxygen atoms in total. The van der Waals surface area contributed by atoms with E-state index in [9.17, 15) is 0 Å². The molecule has 0 aromatic carbocycles. The van der Waals surface area contributed by atoms with E-state index in [0.29, 0.717) is 5.92 Å². The summed E-state index contributed by atoms with van der Waals surface area (Å²) in [6, 6.07) is 0. The van der Waals surface area contributed by atoms with Gasteiger partial charge in [-0.2, -0.15) is 5.84 Å². The van der Waals surface area contributed by atoms with Gasteiger partial charge in [-0.1, -0.05) is 20.8 Å². The molecule has 2 heteroatoms. The third-order valence-corrected chi connectivity index (χ3v) is 1.08. The Labute approximate surface area is 58.0 Å². The highest BCUT2D eigenvalue weighted by molar-refractivity contribution is 4.49. The molecule has 0 heterocycles. The molecule has 9 heavy (non-hydrogen) atoms. The molecule has 55 valence electrons. The summed E-state index contributed by atoms with van der Waals surface area (Å²) < 4.78 is 0. The van der Waals surface area contributed by atoms with Crippen LogP contribution in [0.1, 0.15) is 27.2 Å². The average Bonchev–Trinajstić information content (AvgIpc) is 1.63. The average molecular weight is 129 g/mol. The van der Waals surface area contributed by atoms with Crippen LogP contribution >= 0.6 is 0 Å². The van der Waals surface area contributed by atoms with E-state index < -0.39 is 0 Å². The summed E-state index contributed by atoms with van der Waals surface area (Å²) in [5, 5.41) is 1.63. The summed E-state index contributed by atoms with van der Waals surface area (Å²) in [4.78, 5) is 0. The van der Waals surface area contributed by atoms with Crippen LogP contribution in [-0.4, -0.2) is 18.1 Å². The third kappa shape index (κ3) is 5.80. The molecule has 1 radical (unpaired) electrons. The molecule has 0 unspecified atom stereocenters. The fourth-order valence-corrected chi connectivity index (χ4v) is 0.802. The summed E-state index contributed by atoms with van der Waals surface area (Å²) in [5.74, 6) is 7.96. The lowest BCUT2D eigenvalue weighted by molar-refractivity contribution is 0.237. The smallest absolute Gasteiger partial charge is 0.0167 e. The van der Waals surface area contributed by atoms with Crippen molar-refractivity contribution in [1.82, 2.24) is 10.9 Å². The van der Waals surface area contributed by atoms with Crippen molar-refractivity contribution in [2.75, 3.05) is 13.1 Å². The summed E-state index contributed by atoms with van der Waals surface area (Å²) >= 11 is 0. The van der Waals surface area contributed by atoms with Gasteiger partial charge in [-0.25, -0.2) is 5.01 Å². The van der Waals surface area contributed by atoms with Crippen molar-refractivity contribution in [3.05, 3.63) is 0 Å². The maximum Gasteiger partial charge on any atom is 0.0167 e. The lowest BCUT2D eigenvalue weighted by atomic mass is 10.2. The minimum atomic E-state index is 0.619. The molecule has 0 aliphatic heterocycles. The Hall–Kier alpha value is -0.0800. The lowest BCUT2D eigenvalue weighted by Gasteiger charge is -2.15. The van der Waals surface area contributed by atoms with E-state index in [1.165, 1.54) is 0 Å². The molecule has 1 N–H and O–H groups in total. The summed E-state index contributed by atoms with van der Waals surface area (Å²) in [6.45, 7) is 8.17. The number of nitrogens with zero attached hydrogens (tertiary/aromatic N) is 1. The molecule has 0 rings (SSSR count). The van der Waals surface area contributed by atoms with Crippen molar-refractivity contribution in [1.29, 1.82) is 0 Å². The molecule has 0 spiro atoms. The Balaban J connectivity index is 3.15. The normalized spacial score (nSPS) is 11.3. The third-order valence-electron chi connectivity index (χ3n) is 1.08. The van der Waals surface area contributed by atoms with Gasteiger partial charge in [-0.15, -0.1) is 0 Å². The number of hydrogen-bond donors (Lipinski definition) is 0. The van der Waals surface area contributed by atoms with Gasteiger partial charge in [-0.3, -0.25) is 0 Å². The molecule has 0 fully saturated rings. The maximum atomic E-state index is 7.34. The second-order valence-electron chi connectivity index (χ2n) is 2.84. The number of nitrogens with one attached hydrogen (secondary N) is 1. The monoisotopic (exact) mass is 129 g/mol. The lowest BCUT2D eigenvalue weighted by Crippen LogP contribution is -2.26. The Kier molecular flexibility index (Phi) is 4.72. The van der Waals surface area contributed by atoms with E-state index in [2.05, 4.69) is 20.8 Å². The minimum Gasteiger partial charge on any atom is -0.229 e. The van der Waals surface area contributed by atoms with Crippen molar-refractivity contribution >= 4 is 0 Å². The van der Waals surface area contributed by atoms with Crippen LogP contribution in [0.3, 0.4) is 0 Å². The Bertz CT molecular complexity index is 61.9. The van der Waals surface area contributed by atoms with E-state index >= 15 is 0 Å². The Morgan fingerprint density at radius 3 is 2.33 bits per heavy atom. The number of hydrogen-bond acceptors (Lipinski definition) is 1. The standard InChI is InChI=1S/C7H17N2/c1-4-5-9(8)6-7(2)3/h7-8H,4-6H2,1-3H3. The fraction of sp³-hybridized carbons (Fsp3) is 1.00. The first-order valence-electron chi connectivity index (χ1n) is 3.63. The van der Waals surface area contributed by atoms with Gasteiger partial charge in [0.05, 0.1) is 0 Å². The Morgan fingerprint density at radius 2 is 2.00 bits per heavy atom. The van der Waals surface area contributed by atoms with Crippen molar-refractivity contribution in [2.45, 2.75) is 27.2 Å². The van der Waals surface area contributed by atoms with E-state index in [1.54, 1.807) is 5.01 Å². The van der Waals surface area contributed by atoms with E-state index in [0.717, 1.165) is 19.5 Å². The van der Waals surface area contributed by atoms with Crippen LogP contribution in [0.4, 0.5) is 0 Å². The van der Waals surface area contributed by atoms with E-state index in [-0.39, 0.29) is 0 Å². The topological polar surface area (TPSA) is 27.0 Å². The summed E-state index contributed by atoms with van der Waals surface area (Å²) in [5.41, 5.74) is 0. The van der Waals surface area contributed by atoms with Crippen molar-refractivity contribution in [3.8, 4) is 0 Å². The van der Waals surface area contributed by atoms with Crippen LogP contribution in [0.25, 0.3) is 0 Å². The zero-order chi connectivity index (χ0) is 7.28. The van der Waals surface area contributed by atoms with Gasteiger partial charge in [0.15, 0.2) is 0 Å². The van der Waals surface area contributed by atoms with E-state index in [4.69, 9.17) is 5.84 Å². The van der Waals surface area contributed by atoms with Gasteiger partial charge in [0.2, 0.25) is 0 Å². The quantitative estimate of drug-likeness (QED) is 0.529. The minimum absolute atomic E-state index is 0.619. The first-order chi connectivity index (χ1) is 4.16. The maximum absolute atomic E-state index is 7.34. The van der Waals surface area contributed by atoms with Gasteiger partial charge < -0.3 is 0 Å². The SMILES string of the molecule is CCCN([NH])CC(C)C. The van der Waals surface area contributed by atoms with Gasteiger partial charge in [-0.05, 0) is 12.3 Å². The molecule has 0 bridgehead atoms. The van der Waals surface area contributed by atoms with Crippen molar-refractivity contribution in [3.63, 3.8) is 0 Å². The highest BCUT2D eigenvalue weighted by atomic mass is 15.4. The van der Waals surface area contributed by atoms with Gasteiger partial charge in [0, 0.05) is 13.1 Å². The molecule has 0 aliphatic carbocycles. The van der Waals surface area contributed by atoms with Crippen LogP contribution in [0.2, 0.25) is 0 Å². The molecule has 0 aromatic heterocycles. The van der Waals surface area contributed by atoms with E-state index in [1.807, 2.05) is 0 Å². The predicted molar refractivity (Wildman–Crippen MR) is 39.8 cm³/mol. The van der Waals surface area contributed by atoms with Crippen LogP contribution in [-0.2, 0) is 0 Å². The molecule has 0 aromatic rings. The molecule has 0 aliphatic rings.